The van der Waals surface area contributed by atoms with Crippen LogP contribution in [0.15, 0.2) is 12.3 Å². The fraction of sp³-hybridized carbons (Fsp3) is 0.769. The summed E-state index contributed by atoms with van der Waals surface area (Å²) >= 11 is 0. The summed E-state index contributed by atoms with van der Waals surface area (Å²) in [6.45, 7) is 6.95. The first-order chi connectivity index (χ1) is 16.5. The van der Waals surface area contributed by atoms with Gasteiger partial charge < -0.3 is 15.3 Å². The van der Waals surface area contributed by atoms with Gasteiger partial charge in [0.2, 0.25) is 0 Å². The maximum Gasteiger partial charge on any atom is 0.317 e. The molecule has 3 rings (SSSR count). The van der Waals surface area contributed by atoms with Crippen LogP contribution in [0, 0.1) is 10.8 Å². The van der Waals surface area contributed by atoms with Crippen molar-refractivity contribution in [2.45, 2.75) is 96.9 Å². The summed E-state index contributed by atoms with van der Waals surface area (Å²) in [6, 6.07) is 0.662. The monoisotopic (exact) mass is 492 g/mol. The smallest absolute Gasteiger partial charge is 0.317 e. The van der Waals surface area contributed by atoms with Crippen molar-refractivity contribution in [3.05, 3.63) is 18.0 Å². The minimum Gasteiger partial charge on any atom is -0.385 e. The molecule has 2 amide bonds. The summed E-state index contributed by atoms with van der Waals surface area (Å²) in [4.78, 5) is 41.0. The second-order valence-corrected chi connectivity index (χ2v) is 10.9. The standard InChI is InChI=1S/C26H41FN4O4/c1-5-31(6-2)24(35)28-20(16-25(3)10-7-8-11-25)22(33)17-26(14-18(27)15-26)23(34)21(32)13-19-9-12-30(4)29-19/h9,12,18,20,23,34H,5-8,10-11,13-17H2,1-4H3,(H,28,35)/t18?,20-,23?,26?/m0/s1. The van der Waals surface area contributed by atoms with Crippen molar-refractivity contribution < 1.29 is 23.9 Å². The molecule has 35 heavy (non-hydrogen) atoms. The fourth-order valence-corrected chi connectivity index (χ4v) is 5.85. The van der Waals surface area contributed by atoms with Gasteiger partial charge in [0, 0.05) is 38.2 Å². The summed E-state index contributed by atoms with van der Waals surface area (Å²) in [6.07, 6.45) is 3.47. The maximum absolute atomic E-state index is 14.1. The quantitative estimate of drug-likeness (QED) is 0.466. The predicted molar refractivity (Wildman–Crippen MR) is 131 cm³/mol. The number of Topliss-reactive ketones (excluding diaryl/α,β-unsaturated/α-hetero) is 2. The SMILES string of the molecule is CCN(CC)C(=O)N[C@@H](CC1(C)CCCC1)C(=O)CC1(C(O)C(=O)Cc2ccn(C)n2)CC(F)C1. The lowest BCUT2D eigenvalue weighted by molar-refractivity contribution is -0.149. The molecule has 1 unspecified atom stereocenters. The van der Waals surface area contributed by atoms with Gasteiger partial charge in [0.1, 0.15) is 12.3 Å². The molecule has 2 N–H and O–H groups in total. The van der Waals surface area contributed by atoms with Crippen LogP contribution in [0.5, 0.6) is 0 Å². The largest absolute Gasteiger partial charge is 0.385 e. The number of nitrogens with zero attached hydrogens (tertiary/aromatic N) is 3. The molecule has 0 aromatic carbocycles. The molecule has 196 valence electrons. The first kappa shape index (κ1) is 27.3. The van der Waals surface area contributed by atoms with Gasteiger partial charge in [-0.2, -0.15) is 5.10 Å². The Morgan fingerprint density at radius 2 is 1.86 bits per heavy atom. The molecule has 8 nitrogen and oxygen atoms in total. The van der Waals surface area contributed by atoms with E-state index in [1.807, 2.05) is 13.8 Å². The van der Waals surface area contributed by atoms with Gasteiger partial charge in [0.15, 0.2) is 11.6 Å². The summed E-state index contributed by atoms with van der Waals surface area (Å²) in [5, 5.41) is 18.1. The van der Waals surface area contributed by atoms with Crippen molar-refractivity contribution in [1.29, 1.82) is 0 Å². The summed E-state index contributed by atoms with van der Waals surface area (Å²) < 4.78 is 15.7. The van der Waals surface area contributed by atoms with Gasteiger partial charge in [-0.1, -0.05) is 19.8 Å². The molecule has 0 bridgehead atoms. The average Bonchev–Trinajstić information content (AvgIpc) is 3.40. The first-order valence-corrected chi connectivity index (χ1v) is 12.9. The van der Waals surface area contributed by atoms with Crippen LogP contribution >= 0.6 is 0 Å². The topological polar surface area (TPSA) is 105 Å². The van der Waals surface area contributed by atoms with Crippen molar-refractivity contribution in [3.63, 3.8) is 0 Å². The molecule has 1 aromatic heterocycles. The number of rotatable bonds is 12. The Hall–Kier alpha value is -2.29. The Morgan fingerprint density at radius 1 is 1.23 bits per heavy atom. The number of carbonyl (C=O) groups is 3. The van der Waals surface area contributed by atoms with E-state index in [4.69, 9.17) is 0 Å². The van der Waals surface area contributed by atoms with Crippen LogP contribution in [-0.2, 0) is 23.1 Å². The van der Waals surface area contributed by atoms with E-state index in [1.54, 1.807) is 28.9 Å². The van der Waals surface area contributed by atoms with E-state index < -0.39 is 29.5 Å². The van der Waals surface area contributed by atoms with Gasteiger partial charge in [-0.25, -0.2) is 9.18 Å². The van der Waals surface area contributed by atoms with E-state index in [2.05, 4.69) is 17.3 Å². The lowest BCUT2D eigenvalue weighted by Crippen LogP contribution is -2.55. The number of nitrogens with one attached hydrogen (secondary N) is 1. The van der Waals surface area contributed by atoms with Gasteiger partial charge in [-0.05, 0) is 57.4 Å². The van der Waals surface area contributed by atoms with Crippen molar-refractivity contribution in [3.8, 4) is 0 Å². The minimum absolute atomic E-state index is 0.0398. The number of ketones is 2. The molecule has 1 heterocycles. The van der Waals surface area contributed by atoms with Crippen molar-refractivity contribution in [2.24, 2.45) is 17.9 Å². The van der Waals surface area contributed by atoms with Crippen molar-refractivity contribution >= 4 is 17.6 Å². The van der Waals surface area contributed by atoms with Gasteiger partial charge >= 0.3 is 6.03 Å². The number of hydrogen-bond donors (Lipinski definition) is 2. The average molecular weight is 493 g/mol. The second kappa shape index (κ2) is 11.2. The van der Waals surface area contributed by atoms with Crippen LogP contribution < -0.4 is 5.32 Å². The lowest BCUT2D eigenvalue weighted by Gasteiger charge is -2.47. The number of aliphatic hydroxyl groups is 1. The number of amides is 2. The molecule has 0 saturated heterocycles. The number of alkyl halides is 1. The van der Waals surface area contributed by atoms with Gasteiger partial charge in [-0.3, -0.25) is 14.3 Å². The molecule has 1 aromatic rings. The summed E-state index contributed by atoms with van der Waals surface area (Å²) in [5.74, 6) is -0.704. The Labute approximate surface area is 207 Å². The van der Waals surface area contributed by atoms with Gasteiger partial charge in [0.05, 0.1) is 18.2 Å². The van der Waals surface area contributed by atoms with E-state index in [0.717, 1.165) is 25.7 Å². The number of aliphatic hydroxyl groups excluding tert-OH is 1. The molecule has 2 atom stereocenters. The third kappa shape index (κ3) is 6.48. The van der Waals surface area contributed by atoms with Crippen LogP contribution in [0.4, 0.5) is 9.18 Å². The van der Waals surface area contributed by atoms with E-state index in [9.17, 15) is 23.9 Å². The molecule has 2 aliphatic carbocycles. The third-order valence-corrected chi connectivity index (χ3v) is 8.04. The van der Waals surface area contributed by atoms with E-state index in [-0.39, 0.29) is 42.9 Å². The van der Waals surface area contributed by atoms with Crippen LogP contribution in [0.25, 0.3) is 0 Å². The predicted octanol–water partition coefficient (Wildman–Crippen LogP) is 3.36. The molecule has 0 aliphatic heterocycles. The Balaban J connectivity index is 1.76. The Kier molecular flexibility index (Phi) is 8.72. The maximum atomic E-state index is 14.1. The number of urea groups is 1. The second-order valence-electron chi connectivity index (χ2n) is 10.9. The number of aromatic nitrogens is 2. The van der Waals surface area contributed by atoms with Gasteiger partial charge in [-0.15, -0.1) is 0 Å². The van der Waals surface area contributed by atoms with E-state index in [1.165, 1.54) is 0 Å². The summed E-state index contributed by atoms with van der Waals surface area (Å²) in [7, 11) is 1.74. The van der Waals surface area contributed by atoms with E-state index >= 15 is 0 Å². The summed E-state index contributed by atoms with van der Waals surface area (Å²) in [5.41, 5.74) is -0.677. The minimum atomic E-state index is -1.46. The molecule has 2 saturated carbocycles. The highest BCUT2D eigenvalue weighted by Gasteiger charge is 2.54. The number of halogens is 1. The van der Waals surface area contributed by atoms with Crippen molar-refractivity contribution in [1.82, 2.24) is 20.0 Å². The molecule has 0 radical (unpaired) electrons. The van der Waals surface area contributed by atoms with Crippen LogP contribution in [0.3, 0.4) is 0 Å². The lowest BCUT2D eigenvalue weighted by atomic mass is 9.59. The molecular weight excluding hydrogens is 451 g/mol. The molecular formula is C26H41FN4O4. The zero-order valence-electron chi connectivity index (χ0n) is 21.6. The normalized spacial score (nSPS) is 24.9. The number of aryl methyl sites for hydroxylation is 1. The van der Waals surface area contributed by atoms with Crippen LogP contribution in [0.2, 0.25) is 0 Å². The molecule has 2 aliphatic rings. The van der Waals surface area contributed by atoms with Crippen LogP contribution in [-0.4, -0.2) is 68.8 Å². The van der Waals surface area contributed by atoms with Gasteiger partial charge in [0.25, 0.3) is 0 Å². The zero-order chi connectivity index (χ0) is 25.8. The number of hydrogen-bond acceptors (Lipinski definition) is 5. The Bertz CT molecular complexity index is 901. The highest BCUT2D eigenvalue weighted by molar-refractivity contribution is 5.91. The van der Waals surface area contributed by atoms with Crippen LogP contribution in [0.1, 0.15) is 77.8 Å². The number of carbonyl (C=O) groups excluding carboxylic acids is 3. The molecule has 9 heteroatoms. The Morgan fingerprint density at radius 3 is 2.37 bits per heavy atom. The zero-order valence-corrected chi connectivity index (χ0v) is 21.6. The first-order valence-electron chi connectivity index (χ1n) is 12.9. The molecule has 0 spiro atoms. The third-order valence-electron chi connectivity index (χ3n) is 8.04. The highest BCUT2D eigenvalue weighted by atomic mass is 19.1. The fourth-order valence-electron chi connectivity index (χ4n) is 5.85. The van der Waals surface area contributed by atoms with E-state index in [0.29, 0.717) is 25.2 Å². The highest BCUT2D eigenvalue weighted by Crippen LogP contribution is 2.50. The molecule has 2 fully saturated rings. The van der Waals surface area contributed by atoms with Crippen molar-refractivity contribution in [2.75, 3.05) is 13.1 Å².